The summed E-state index contributed by atoms with van der Waals surface area (Å²) in [6, 6.07) is 0. The van der Waals surface area contributed by atoms with Gasteiger partial charge in [0.25, 0.3) is 0 Å². The summed E-state index contributed by atoms with van der Waals surface area (Å²) in [6.45, 7) is 17.2. The van der Waals surface area contributed by atoms with Crippen LogP contribution in [0.3, 0.4) is 0 Å². The van der Waals surface area contributed by atoms with Crippen LogP contribution in [-0.2, 0) is 4.79 Å². The molecule has 0 heterocycles. The van der Waals surface area contributed by atoms with Crippen molar-refractivity contribution in [2.45, 2.75) is 131 Å². The van der Waals surface area contributed by atoms with E-state index in [1.54, 1.807) is 0 Å². The molecule has 28 heavy (non-hydrogen) atoms. The summed E-state index contributed by atoms with van der Waals surface area (Å²) in [4.78, 5) is 12.2. The number of hydrogen-bond donors (Lipinski definition) is 2. The van der Waals surface area contributed by atoms with Gasteiger partial charge in [0, 0.05) is 5.92 Å². The van der Waals surface area contributed by atoms with E-state index in [1.165, 1.54) is 44.9 Å². The van der Waals surface area contributed by atoms with Gasteiger partial charge < -0.3 is 10.4 Å². The van der Waals surface area contributed by atoms with Gasteiger partial charge in [0.1, 0.15) is 0 Å². The van der Waals surface area contributed by atoms with Crippen molar-refractivity contribution in [3.8, 4) is 0 Å². The Balaban J connectivity index is 4.20. The van der Waals surface area contributed by atoms with Crippen LogP contribution < -0.4 is 5.32 Å². The predicted molar refractivity (Wildman–Crippen MR) is 122 cm³/mol. The number of amides is 1. The highest BCUT2D eigenvalue weighted by Crippen LogP contribution is 2.25. The third kappa shape index (κ3) is 12.1. The van der Waals surface area contributed by atoms with Gasteiger partial charge in [0.05, 0.1) is 11.6 Å². The lowest BCUT2D eigenvalue weighted by atomic mass is 9.84. The van der Waals surface area contributed by atoms with E-state index in [1.807, 2.05) is 27.7 Å². The number of aliphatic hydroxyl groups excluding tert-OH is 1. The highest BCUT2D eigenvalue weighted by molar-refractivity contribution is 5.78. The van der Waals surface area contributed by atoms with Crippen LogP contribution in [0.15, 0.2) is 0 Å². The maximum atomic E-state index is 12.2. The van der Waals surface area contributed by atoms with Crippen LogP contribution in [0.2, 0.25) is 0 Å². The highest BCUT2D eigenvalue weighted by atomic mass is 16.3. The van der Waals surface area contributed by atoms with Crippen molar-refractivity contribution in [3.05, 3.63) is 0 Å². The van der Waals surface area contributed by atoms with E-state index in [0.29, 0.717) is 12.3 Å². The predicted octanol–water partition coefficient (Wildman–Crippen LogP) is 6.73. The maximum Gasteiger partial charge on any atom is 0.223 e. The normalized spacial score (nSPS) is 17.4. The Kier molecular flexibility index (Phi) is 14.1. The molecule has 4 atom stereocenters. The van der Waals surface area contributed by atoms with Crippen LogP contribution in [0.25, 0.3) is 0 Å². The van der Waals surface area contributed by atoms with Crippen molar-refractivity contribution in [2.24, 2.45) is 23.7 Å². The molecule has 1 amide bonds. The topological polar surface area (TPSA) is 49.3 Å². The summed E-state index contributed by atoms with van der Waals surface area (Å²) < 4.78 is 0. The number of rotatable bonds is 16. The lowest BCUT2D eigenvalue weighted by molar-refractivity contribution is -0.127. The van der Waals surface area contributed by atoms with Gasteiger partial charge >= 0.3 is 0 Å². The van der Waals surface area contributed by atoms with Gasteiger partial charge in [0.15, 0.2) is 0 Å². The Morgan fingerprint density at radius 1 is 0.857 bits per heavy atom. The van der Waals surface area contributed by atoms with Gasteiger partial charge in [-0.2, -0.15) is 0 Å². The molecule has 0 fully saturated rings. The minimum atomic E-state index is -0.513. The highest BCUT2D eigenvalue weighted by Gasteiger charge is 2.33. The molecule has 0 saturated heterocycles. The average Bonchev–Trinajstić information content (AvgIpc) is 2.60. The van der Waals surface area contributed by atoms with Crippen LogP contribution >= 0.6 is 0 Å². The van der Waals surface area contributed by atoms with Crippen LogP contribution in [0, 0.1) is 23.7 Å². The van der Waals surface area contributed by atoms with E-state index in [4.69, 9.17) is 0 Å². The van der Waals surface area contributed by atoms with Crippen molar-refractivity contribution in [3.63, 3.8) is 0 Å². The van der Waals surface area contributed by atoms with Crippen molar-refractivity contribution >= 4 is 5.91 Å². The number of carbonyl (C=O) groups is 1. The Morgan fingerprint density at radius 2 is 1.32 bits per heavy atom. The monoisotopic (exact) mass is 397 g/mol. The molecule has 0 spiro atoms. The molecule has 0 aromatic carbocycles. The summed E-state index contributed by atoms with van der Waals surface area (Å²) in [5.74, 6) is 2.38. The second-order valence-corrected chi connectivity index (χ2v) is 10.3. The SMILES string of the molecule is CCC(O)C(C)(CCCC(C)CCCC(C)CCCC(C)C)NC(=O)C(C)C. The molecule has 3 heteroatoms. The largest absolute Gasteiger partial charge is 0.391 e. The fourth-order valence-electron chi connectivity index (χ4n) is 3.98. The summed E-state index contributed by atoms with van der Waals surface area (Å²) in [5, 5.41) is 13.6. The Bertz CT molecular complexity index is 407. The van der Waals surface area contributed by atoms with E-state index >= 15 is 0 Å². The minimum absolute atomic E-state index is 0.0366. The van der Waals surface area contributed by atoms with Crippen molar-refractivity contribution < 1.29 is 9.90 Å². The zero-order chi connectivity index (χ0) is 21.7. The average molecular weight is 398 g/mol. The summed E-state index contributed by atoms with van der Waals surface area (Å²) in [5.41, 5.74) is -0.513. The molecule has 0 aromatic rings. The smallest absolute Gasteiger partial charge is 0.223 e. The van der Waals surface area contributed by atoms with Gasteiger partial charge in [-0.3, -0.25) is 4.79 Å². The maximum absolute atomic E-state index is 12.2. The number of hydrogen-bond acceptors (Lipinski definition) is 2. The van der Waals surface area contributed by atoms with Crippen molar-refractivity contribution in [2.75, 3.05) is 0 Å². The fourth-order valence-corrected chi connectivity index (χ4v) is 3.98. The van der Waals surface area contributed by atoms with Gasteiger partial charge in [-0.25, -0.2) is 0 Å². The van der Waals surface area contributed by atoms with Crippen LogP contribution in [0.1, 0.15) is 120 Å². The summed E-state index contributed by atoms with van der Waals surface area (Å²) in [7, 11) is 0. The third-order valence-electron chi connectivity index (χ3n) is 6.32. The van der Waals surface area contributed by atoms with Crippen LogP contribution in [-0.4, -0.2) is 22.7 Å². The molecular formula is C25H51NO2. The molecule has 0 aliphatic heterocycles. The first kappa shape index (κ1) is 27.4. The van der Waals surface area contributed by atoms with Gasteiger partial charge in [-0.1, -0.05) is 99.8 Å². The van der Waals surface area contributed by atoms with Crippen molar-refractivity contribution in [1.82, 2.24) is 5.32 Å². The van der Waals surface area contributed by atoms with E-state index in [-0.39, 0.29) is 11.8 Å². The Labute approximate surface area is 176 Å². The zero-order valence-electron chi connectivity index (χ0n) is 20.3. The third-order valence-corrected chi connectivity index (χ3v) is 6.32. The van der Waals surface area contributed by atoms with Gasteiger partial charge in [-0.15, -0.1) is 0 Å². The van der Waals surface area contributed by atoms with Gasteiger partial charge in [-0.05, 0) is 37.5 Å². The van der Waals surface area contributed by atoms with Gasteiger partial charge in [0.2, 0.25) is 5.91 Å². The molecule has 4 unspecified atom stereocenters. The Hall–Kier alpha value is -0.570. The second-order valence-electron chi connectivity index (χ2n) is 10.3. The Morgan fingerprint density at radius 3 is 1.75 bits per heavy atom. The molecule has 0 aromatic heterocycles. The molecule has 0 aliphatic carbocycles. The van der Waals surface area contributed by atoms with E-state index in [2.05, 4.69) is 33.0 Å². The minimum Gasteiger partial charge on any atom is -0.391 e. The molecule has 2 N–H and O–H groups in total. The summed E-state index contributed by atoms with van der Waals surface area (Å²) in [6.07, 6.45) is 11.3. The number of carbonyl (C=O) groups excluding carboxylic acids is 1. The molecule has 0 saturated carbocycles. The summed E-state index contributed by atoms with van der Waals surface area (Å²) >= 11 is 0. The van der Waals surface area contributed by atoms with Crippen molar-refractivity contribution in [1.29, 1.82) is 0 Å². The molecule has 0 aliphatic rings. The molecular weight excluding hydrogens is 346 g/mol. The standard InChI is InChI=1S/C25H51NO2/c1-9-23(27)25(8,26-24(28)20(4)5)18-12-17-22(7)16-11-15-21(6)14-10-13-19(2)3/h19-23,27H,9-18H2,1-8H3,(H,26,28). The van der Waals surface area contributed by atoms with E-state index in [9.17, 15) is 9.90 Å². The van der Waals surface area contributed by atoms with Crippen LogP contribution in [0.5, 0.6) is 0 Å². The first-order chi connectivity index (χ1) is 13.0. The second kappa shape index (κ2) is 14.4. The number of aliphatic hydroxyl groups is 1. The fraction of sp³-hybridized carbons (Fsp3) is 0.960. The van der Waals surface area contributed by atoms with E-state index < -0.39 is 11.6 Å². The molecule has 0 radical (unpaired) electrons. The first-order valence-corrected chi connectivity index (χ1v) is 12.0. The molecule has 3 nitrogen and oxygen atoms in total. The lowest BCUT2D eigenvalue weighted by Gasteiger charge is -2.36. The first-order valence-electron chi connectivity index (χ1n) is 12.0. The molecule has 168 valence electrons. The quantitative estimate of drug-likeness (QED) is 0.303. The van der Waals surface area contributed by atoms with E-state index in [0.717, 1.165) is 24.7 Å². The zero-order valence-corrected chi connectivity index (χ0v) is 20.3. The lowest BCUT2D eigenvalue weighted by Crippen LogP contribution is -2.55. The van der Waals surface area contributed by atoms with Crippen LogP contribution in [0.4, 0.5) is 0 Å². The number of nitrogens with one attached hydrogen (secondary N) is 1. The molecule has 0 rings (SSSR count). The molecule has 0 bridgehead atoms.